The number of carbonyl (C=O) groups excluding carboxylic acids is 2. The first-order valence-corrected chi connectivity index (χ1v) is 7.31. The Morgan fingerprint density at radius 2 is 1.59 bits per heavy atom. The van der Waals surface area contributed by atoms with E-state index in [1.54, 1.807) is 49.4 Å². The van der Waals surface area contributed by atoms with Gasteiger partial charge in [0.25, 0.3) is 0 Å². The summed E-state index contributed by atoms with van der Waals surface area (Å²) in [6, 6.07) is 12.0. The Morgan fingerprint density at radius 1 is 0.955 bits per heavy atom. The van der Waals surface area contributed by atoms with Gasteiger partial charge in [0, 0.05) is 22.3 Å². The van der Waals surface area contributed by atoms with Gasteiger partial charge in [-0.2, -0.15) is 0 Å². The number of amides is 2. The van der Waals surface area contributed by atoms with Gasteiger partial charge in [0.1, 0.15) is 0 Å². The molecule has 114 valence electrons. The second kappa shape index (κ2) is 7.29. The standard InChI is InChI=1S/C16H14Cl2N2O2/c1-10-8-13(18)6-7-14(10)20-16(22)15(21)19-9-11-2-4-12(17)5-3-11/h2-8H,9H2,1H3,(H,19,21)(H,20,22). The summed E-state index contributed by atoms with van der Waals surface area (Å²) in [5.41, 5.74) is 2.19. The van der Waals surface area contributed by atoms with Crippen LogP contribution in [0.15, 0.2) is 42.5 Å². The van der Waals surface area contributed by atoms with Crippen LogP contribution in [0.5, 0.6) is 0 Å². The van der Waals surface area contributed by atoms with Crippen molar-refractivity contribution < 1.29 is 9.59 Å². The van der Waals surface area contributed by atoms with Gasteiger partial charge in [0.2, 0.25) is 0 Å². The fourth-order valence-electron chi connectivity index (χ4n) is 1.81. The van der Waals surface area contributed by atoms with Crippen molar-refractivity contribution in [2.45, 2.75) is 13.5 Å². The van der Waals surface area contributed by atoms with Crippen molar-refractivity contribution in [3.63, 3.8) is 0 Å². The Balaban J connectivity index is 1.92. The largest absolute Gasteiger partial charge is 0.344 e. The molecule has 4 nitrogen and oxygen atoms in total. The Morgan fingerprint density at radius 3 is 2.23 bits per heavy atom. The van der Waals surface area contributed by atoms with Crippen LogP contribution < -0.4 is 10.6 Å². The van der Waals surface area contributed by atoms with Crippen molar-refractivity contribution in [3.05, 3.63) is 63.6 Å². The molecule has 2 N–H and O–H groups in total. The molecule has 0 atom stereocenters. The molecule has 0 aromatic heterocycles. The van der Waals surface area contributed by atoms with E-state index in [-0.39, 0.29) is 6.54 Å². The molecule has 0 saturated heterocycles. The minimum Gasteiger partial charge on any atom is -0.344 e. The number of benzene rings is 2. The maximum absolute atomic E-state index is 11.8. The van der Waals surface area contributed by atoms with E-state index in [2.05, 4.69) is 10.6 Å². The second-order valence-corrected chi connectivity index (χ2v) is 5.60. The summed E-state index contributed by atoms with van der Waals surface area (Å²) < 4.78 is 0. The van der Waals surface area contributed by atoms with Gasteiger partial charge < -0.3 is 10.6 Å². The normalized spacial score (nSPS) is 10.1. The molecular formula is C16H14Cl2N2O2. The molecular weight excluding hydrogens is 323 g/mol. The molecule has 0 fully saturated rings. The summed E-state index contributed by atoms with van der Waals surface area (Å²) in [6.45, 7) is 2.05. The highest BCUT2D eigenvalue weighted by atomic mass is 35.5. The van der Waals surface area contributed by atoms with Crippen molar-refractivity contribution in [2.24, 2.45) is 0 Å². The van der Waals surface area contributed by atoms with Crippen molar-refractivity contribution in [2.75, 3.05) is 5.32 Å². The average molecular weight is 337 g/mol. The van der Waals surface area contributed by atoms with E-state index in [4.69, 9.17) is 23.2 Å². The molecule has 0 aliphatic rings. The average Bonchev–Trinajstić information content (AvgIpc) is 2.49. The first kappa shape index (κ1) is 16.3. The molecule has 2 rings (SSSR count). The first-order chi connectivity index (χ1) is 10.5. The number of nitrogens with one attached hydrogen (secondary N) is 2. The van der Waals surface area contributed by atoms with Crippen molar-refractivity contribution in [1.29, 1.82) is 0 Å². The van der Waals surface area contributed by atoms with E-state index in [1.807, 2.05) is 0 Å². The fraction of sp³-hybridized carbons (Fsp3) is 0.125. The van der Waals surface area contributed by atoms with Crippen LogP contribution in [0.25, 0.3) is 0 Å². The lowest BCUT2D eigenvalue weighted by Crippen LogP contribution is -2.35. The molecule has 0 aliphatic carbocycles. The highest BCUT2D eigenvalue weighted by Crippen LogP contribution is 2.19. The summed E-state index contributed by atoms with van der Waals surface area (Å²) in [4.78, 5) is 23.6. The van der Waals surface area contributed by atoms with Gasteiger partial charge >= 0.3 is 11.8 Å². The van der Waals surface area contributed by atoms with Gasteiger partial charge in [-0.25, -0.2) is 0 Å². The zero-order chi connectivity index (χ0) is 16.1. The van der Waals surface area contributed by atoms with Gasteiger partial charge in [-0.1, -0.05) is 35.3 Å². The molecule has 2 amide bonds. The van der Waals surface area contributed by atoms with Crippen molar-refractivity contribution in [3.8, 4) is 0 Å². The van der Waals surface area contributed by atoms with Gasteiger partial charge in [-0.15, -0.1) is 0 Å². The van der Waals surface area contributed by atoms with Crippen LogP contribution in [-0.4, -0.2) is 11.8 Å². The minimum absolute atomic E-state index is 0.253. The lowest BCUT2D eigenvalue weighted by atomic mass is 10.2. The highest BCUT2D eigenvalue weighted by Gasteiger charge is 2.14. The number of carbonyl (C=O) groups is 2. The van der Waals surface area contributed by atoms with Gasteiger partial charge in [-0.05, 0) is 48.4 Å². The molecule has 6 heteroatoms. The topological polar surface area (TPSA) is 58.2 Å². The maximum atomic E-state index is 11.8. The predicted molar refractivity (Wildman–Crippen MR) is 88.1 cm³/mol. The third kappa shape index (κ3) is 4.48. The fourth-order valence-corrected chi connectivity index (χ4v) is 2.16. The van der Waals surface area contributed by atoms with Crippen LogP contribution >= 0.6 is 23.2 Å². The van der Waals surface area contributed by atoms with E-state index in [0.29, 0.717) is 15.7 Å². The predicted octanol–water partition coefficient (Wildman–Crippen LogP) is 3.56. The molecule has 0 bridgehead atoms. The smallest absolute Gasteiger partial charge is 0.313 e. The molecule has 22 heavy (non-hydrogen) atoms. The number of hydrogen-bond donors (Lipinski definition) is 2. The molecule has 0 aliphatic heterocycles. The lowest BCUT2D eigenvalue weighted by molar-refractivity contribution is -0.136. The number of aryl methyl sites for hydroxylation is 1. The van der Waals surface area contributed by atoms with Crippen LogP contribution in [-0.2, 0) is 16.1 Å². The van der Waals surface area contributed by atoms with Gasteiger partial charge in [0.05, 0.1) is 0 Å². The monoisotopic (exact) mass is 336 g/mol. The van der Waals surface area contributed by atoms with Gasteiger partial charge in [-0.3, -0.25) is 9.59 Å². The number of hydrogen-bond acceptors (Lipinski definition) is 2. The number of halogens is 2. The minimum atomic E-state index is -0.723. The van der Waals surface area contributed by atoms with E-state index in [0.717, 1.165) is 11.1 Å². The zero-order valence-corrected chi connectivity index (χ0v) is 13.3. The Bertz CT molecular complexity index is 700. The molecule has 2 aromatic rings. The van der Waals surface area contributed by atoms with Crippen molar-refractivity contribution >= 4 is 40.7 Å². The second-order valence-electron chi connectivity index (χ2n) is 4.72. The number of rotatable bonds is 3. The molecule has 0 unspecified atom stereocenters. The van der Waals surface area contributed by atoms with Gasteiger partial charge in [0.15, 0.2) is 0 Å². The molecule has 0 radical (unpaired) electrons. The van der Waals surface area contributed by atoms with E-state index < -0.39 is 11.8 Å². The maximum Gasteiger partial charge on any atom is 0.313 e. The lowest BCUT2D eigenvalue weighted by Gasteiger charge is -2.09. The number of anilines is 1. The van der Waals surface area contributed by atoms with Crippen LogP contribution in [0.4, 0.5) is 5.69 Å². The molecule has 2 aromatic carbocycles. The highest BCUT2D eigenvalue weighted by molar-refractivity contribution is 6.39. The Hall–Kier alpha value is -2.04. The van der Waals surface area contributed by atoms with Crippen LogP contribution in [0.1, 0.15) is 11.1 Å². The SMILES string of the molecule is Cc1cc(Cl)ccc1NC(=O)C(=O)NCc1ccc(Cl)cc1. The summed E-state index contributed by atoms with van der Waals surface area (Å²) in [5, 5.41) is 6.29. The Labute approximate surface area is 138 Å². The molecule has 0 spiro atoms. The quantitative estimate of drug-likeness (QED) is 0.842. The summed E-state index contributed by atoms with van der Waals surface area (Å²) in [6.07, 6.45) is 0. The van der Waals surface area contributed by atoms with Crippen LogP contribution in [0.3, 0.4) is 0 Å². The zero-order valence-electron chi connectivity index (χ0n) is 11.8. The third-order valence-electron chi connectivity index (χ3n) is 3.01. The van der Waals surface area contributed by atoms with E-state index in [1.165, 1.54) is 0 Å². The summed E-state index contributed by atoms with van der Waals surface area (Å²) >= 11 is 11.6. The van der Waals surface area contributed by atoms with E-state index in [9.17, 15) is 9.59 Å². The molecule has 0 heterocycles. The molecule has 0 saturated carbocycles. The van der Waals surface area contributed by atoms with E-state index >= 15 is 0 Å². The summed E-state index contributed by atoms with van der Waals surface area (Å²) in [5.74, 6) is -1.43. The van der Waals surface area contributed by atoms with Crippen LogP contribution in [0, 0.1) is 6.92 Å². The first-order valence-electron chi connectivity index (χ1n) is 6.55. The van der Waals surface area contributed by atoms with Crippen molar-refractivity contribution in [1.82, 2.24) is 5.32 Å². The third-order valence-corrected chi connectivity index (χ3v) is 3.50. The van der Waals surface area contributed by atoms with Crippen LogP contribution in [0.2, 0.25) is 10.0 Å². The summed E-state index contributed by atoms with van der Waals surface area (Å²) in [7, 11) is 0. The Kier molecular flexibility index (Phi) is 5.41.